The predicted molar refractivity (Wildman–Crippen MR) is 51.5 cm³/mol. The highest BCUT2D eigenvalue weighted by molar-refractivity contribution is 5.41. The van der Waals surface area contributed by atoms with Crippen molar-refractivity contribution in [3.05, 3.63) is 36.4 Å². The normalized spacial score (nSPS) is 12.4. The molecule has 0 aliphatic rings. The molecule has 0 saturated heterocycles. The van der Waals surface area contributed by atoms with E-state index in [1.165, 1.54) is 12.1 Å². The van der Waals surface area contributed by atoms with Crippen molar-refractivity contribution >= 4 is 0 Å². The molecule has 0 amide bonds. The minimum absolute atomic E-state index is 0.130. The standard InChI is InChI=1S/C10H13NO2/c1-2-3-8(11)7-4-5-9(12)10(13)6-7/h2,4-6,8,12-13H,1,3,11H2/t8-/m0/s1. The first-order chi connectivity index (χ1) is 6.15. The van der Waals surface area contributed by atoms with E-state index in [1.807, 2.05) is 0 Å². The Balaban J connectivity index is 2.89. The summed E-state index contributed by atoms with van der Waals surface area (Å²) in [6, 6.07) is 4.39. The number of hydrogen-bond donors (Lipinski definition) is 3. The Bertz CT molecular complexity index is 310. The molecule has 0 aliphatic heterocycles. The number of benzene rings is 1. The molecule has 1 rings (SSSR count). The lowest BCUT2D eigenvalue weighted by Crippen LogP contribution is -2.08. The molecule has 0 spiro atoms. The lowest BCUT2D eigenvalue weighted by molar-refractivity contribution is 0.402. The van der Waals surface area contributed by atoms with Crippen molar-refractivity contribution in [1.29, 1.82) is 0 Å². The first-order valence-electron chi connectivity index (χ1n) is 4.03. The van der Waals surface area contributed by atoms with E-state index in [4.69, 9.17) is 10.8 Å². The maximum Gasteiger partial charge on any atom is 0.157 e. The summed E-state index contributed by atoms with van der Waals surface area (Å²) >= 11 is 0. The van der Waals surface area contributed by atoms with Gasteiger partial charge in [0.2, 0.25) is 0 Å². The molecule has 4 N–H and O–H groups in total. The minimum atomic E-state index is -0.177. The highest BCUT2D eigenvalue weighted by Crippen LogP contribution is 2.27. The van der Waals surface area contributed by atoms with E-state index in [1.54, 1.807) is 12.1 Å². The van der Waals surface area contributed by atoms with Crippen LogP contribution in [0.25, 0.3) is 0 Å². The number of hydrogen-bond acceptors (Lipinski definition) is 3. The van der Waals surface area contributed by atoms with Gasteiger partial charge in [-0.3, -0.25) is 0 Å². The smallest absolute Gasteiger partial charge is 0.157 e. The van der Waals surface area contributed by atoms with Gasteiger partial charge in [-0.25, -0.2) is 0 Å². The van der Waals surface area contributed by atoms with Crippen LogP contribution in [0, 0.1) is 0 Å². The van der Waals surface area contributed by atoms with Gasteiger partial charge in [-0.2, -0.15) is 0 Å². The third kappa shape index (κ3) is 2.23. The molecule has 0 unspecified atom stereocenters. The fourth-order valence-corrected chi connectivity index (χ4v) is 1.09. The van der Waals surface area contributed by atoms with Crippen molar-refractivity contribution in [3.8, 4) is 11.5 Å². The van der Waals surface area contributed by atoms with Crippen LogP contribution >= 0.6 is 0 Å². The summed E-state index contributed by atoms with van der Waals surface area (Å²) in [7, 11) is 0. The summed E-state index contributed by atoms with van der Waals surface area (Å²) in [5.41, 5.74) is 6.55. The van der Waals surface area contributed by atoms with Gasteiger partial charge in [-0.15, -0.1) is 6.58 Å². The molecule has 1 aromatic rings. The number of phenols is 2. The maximum absolute atomic E-state index is 9.19. The van der Waals surface area contributed by atoms with Gasteiger partial charge in [-0.05, 0) is 24.1 Å². The SMILES string of the molecule is C=CC[C@H](N)c1ccc(O)c(O)c1. The van der Waals surface area contributed by atoms with Crippen LogP contribution in [0.15, 0.2) is 30.9 Å². The fraction of sp³-hybridized carbons (Fsp3) is 0.200. The number of nitrogens with two attached hydrogens (primary N) is 1. The van der Waals surface area contributed by atoms with E-state index in [-0.39, 0.29) is 17.5 Å². The highest BCUT2D eigenvalue weighted by Gasteiger charge is 2.06. The largest absolute Gasteiger partial charge is 0.504 e. The van der Waals surface area contributed by atoms with Gasteiger partial charge in [0.25, 0.3) is 0 Å². The molecule has 3 nitrogen and oxygen atoms in total. The van der Waals surface area contributed by atoms with Crippen LogP contribution in [0.3, 0.4) is 0 Å². The van der Waals surface area contributed by atoms with Crippen LogP contribution < -0.4 is 5.73 Å². The molecule has 70 valence electrons. The second kappa shape index (κ2) is 3.96. The topological polar surface area (TPSA) is 66.5 Å². The molecule has 13 heavy (non-hydrogen) atoms. The summed E-state index contributed by atoms with van der Waals surface area (Å²) in [5.74, 6) is -0.272. The van der Waals surface area contributed by atoms with Crippen LogP contribution in [-0.4, -0.2) is 10.2 Å². The summed E-state index contributed by atoms with van der Waals surface area (Å²) in [5, 5.41) is 18.2. The summed E-state index contributed by atoms with van der Waals surface area (Å²) in [6.07, 6.45) is 2.36. The van der Waals surface area contributed by atoms with Crippen LogP contribution in [0.5, 0.6) is 11.5 Å². The molecule has 0 aliphatic carbocycles. The molecular weight excluding hydrogens is 166 g/mol. The van der Waals surface area contributed by atoms with Gasteiger partial charge in [-0.1, -0.05) is 12.1 Å². The molecule has 0 heterocycles. The highest BCUT2D eigenvalue weighted by atomic mass is 16.3. The lowest BCUT2D eigenvalue weighted by atomic mass is 10.0. The van der Waals surface area contributed by atoms with Crippen LogP contribution in [-0.2, 0) is 0 Å². The molecule has 0 aromatic heterocycles. The monoisotopic (exact) mass is 179 g/mol. The average Bonchev–Trinajstić information content (AvgIpc) is 2.10. The predicted octanol–water partition coefficient (Wildman–Crippen LogP) is 1.67. The van der Waals surface area contributed by atoms with Gasteiger partial charge in [0.15, 0.2) is 11.5 Å². The first kappa shape index (κ1) is 9.61. The van der Waals surface area contributed by atoms with Gasteiger partial charge in [0.1, 0.15) is 0 Å². The van der Waals surface area contributed by atoms with Gasteiger partial charge in [0.05, 0.1) is 0 Å². The van der Waals surface area contributed by atoms with Gasteiger partial charge < -0.3 is 15.9 Å². The third-order valence-electron chi connectivity index (χ3n) is 1.85. The Morgan fingerprint density at radius 1 is 1.38 bits per heavy atom. The summed E-state index contributed by atoms with van der Waals surface area (Å²) < 4.78 is 0. The molecule has 3 heteroatoms. The average molecular weight is 179 g/mol. The van der Waals surface area contributed by atoms with Crippen molar-refractivity contribution < 1.29 is 10.2 Å². The van der Waals surface area contributed by atoms with E-state index in [9.17, 15) is 5.11 Å². The zero-order valence-corrected chi connectivity index (χ0v) is 7.27. The van der Waals surface area contributed by atoms with Crippen molar-refractivity contribution in [1.82, 2.24) is 0 Å². The number of phenolic OH excluding ortho intramolecular Hbond substituents is 2. The Morgan fingerprint density at radius 3 is 2.62 bits per heavy atom. The Kier molecular flexibility index (Phi) is 2.93. The molecule has 0 bridgehead atoms. The van der Waals surface area contributed by atoms with Crippen molar-refractivity contribution in [2.24, 2.45) is 5.73 Å². The van der Waals surface area contributed by atoms with E-state index in [0.717, 1.165) is 5.56 Å². The van der Waals surface area contributed by atoms with E-state index >= 15 is 0 Å². The Labute approximate surface area is 77.1 Å². The van der Waals surface area contributed by atoms with Crippen molar-refractivity contribution in [2.45, 2.75) is 12.5 Å². The van der Waals surface area contributed by atoms with E-state index < -0.39 is 0 Å². The second-order valence-electron chi connectivity index (χ2n) is 2.88. The summed E-state index contributed by atoms with van der Waals surface area (Å²) in [4.78, 5) is 0. The minimum Gasteiger partial charge on any atom is -0.504 e. The summed E-state index contributed by atoms with van der Waals surface area (Å²) in [6.45, 7) is 3.57. The quantitative estimate of drug-likeness (QED) is 0.488. The van der Waals surface area contributed by atoms with Crippen molar-refractivity contribution in [2.75, 3.05) is 0 Å². The number of aromatic hydroxyl groups is 2. The molecule has 0 radical (unpaired) electrons. The molecule has 0 fully saturated rings. The zero-order valence-electron chi connectivity index (χ0n) is 7.27. The third-order valence-corrected chi connectivity index (χ3v) is 1.85. The first-order valence-corrected chi connectivity index (χ1v) is 4.03. The van der Waals surface area contributed by atoms with Gasteiger partial charge in [0, 0.05) is 6.04 Å². The molecule has 1 atom stereocenters. The Hall–Kier alpha value is -1.48. The van der Waals surface area contributed by atoms with Crippen LogP contribution in [0.1, 0.15) is 18.0 Å². The molecular formula is C10H13NO2. The van der Waals surface area contributed by atoms with E-state index in [2.05, 4.69) is 6.58 Å². The van der Waals surface area contributed by atoms with Gasteiger partial charge >= 0.3 is 0 Å². The van der Waals surface area contributed by atoms with E-state index in [0.29, 0.717) is 6.42 Å². The van der Waals surface area contributed by atoms with Crippen LogP contribution in [0.4, 0.5) is 0 Å². The maximum atomic E-state index is 9.19. The zero-order chi connectivity index (χ0) is 9.84. The van der Waals surface area contributed by atoms with Crippen LogP contribution in [0.2, 0.25) is 0 Å². The van der Waals surface area contributed by atoms with Crippen molar-refractivity contribution in [3.63, 3.8) is 0 Å². The number of rotatable bonds is 3. The molecule has 1 aromatic carbocycles. The Morgan fingerprint density at radius 2 is 2.08 bits per heavy atom. The molecule has 0 saturated carbocycles. The second-order valence-corrected chi connectivity index (χ2v) is 2.88. The lowest BCUT2D eigenvalue weighted by Gasteiger charge is -2.09. The fourth-order valence-electron chi connectivity index (χ4n) is 1.09.